The molecule has 0 radical (unpaired) electrons. The normalized spacial score (nSPS) is 18.6. The van der Waals surface area contributed by atoms with E-state index in [9.17, 15) is 4.79 Å². The molecular formula is C16H23N3O. The number of benzene rings is 1. The molecule has 4 heteroatoms. The summed E-state index contributed by atoms with van der Waals surface area (Å²) in [7, 11) is 0. The molecule has 1 amide bonds. The number of carbonyl (C=O) groups excluding carboxylic acids is 1. The Labute approximate surface area is 120 Å². The molecule has 1 aromatic carbocycles. The molecule has 1 aliphatic carbocycles. The summed E-state index contributed by atoms with van der Waals surface area (Å²) in [6, 6.07) is 5.85. The topological polar surface area (TPSA) is 53.2 Å². The van der Waals surface area contributed by atoms with Gasteiger partial charge in [0.2, 0.25) is 0 Å². The van der Waals surface area contributed by atoms with Crippen LogP contribution in [0, 0.1) is 5.92 Å². The van der Waals surface area contributed by atoms with Crippen LogP contribution in [0.1, 0.15) is 42.5 Å². The summed E-state index contributed by atoms with van der Waals surface area (Å²) >= 11 is 0. The lowest BCUT2D eigenvalue weighted by Crippen LogP contribution is -2.32. The maximum atomic E-state index is 12.4. The third kappa shape index (κ3) is 2.89. The van der Waals surface area contributed by atoms with Crippen molar-refractivity contribution in [2.24, 2.45) is 5.92 Å². The highest BCUT2D eigenvalue weighted by Gasteiger charge is 2.19. The molecule has 3 rings (SSSR count). The van der Waals surface area contributed by atoms with Crippen LogP contribution in [-0.2, 0) is 0 Å². The monoisotopic (exact) mass is 273 g/mol. The van der Waals surface area contributed by atoms with E-state index in [1.807, 2.05) is 18.2 Å². The SMILES string of the molecule is O=C(NCC1CCCCC1)c1cccc2c1NCCN2. The average molecular weight is 273 g/mol. The van der Waals surface area contributed by atoms with E-state index < -0.39 is 0 Å². The Morgan fingerprint density at radius 1 is 1.15 bits per heavy atom. The lowest BCUT2D eigenvalue weighted by molar-refractivity contribution is 0.0944. The van der Waals surface area contributed by atoms with E-state index in [1.54, 1.807) is 0 Å². The van der Waals surface area contributed by atoms with Gasteiger partial charge >= 0.3 is 0 Å². The zero-order valence-electron chi connectivity index (χ0n) is 11.9. The predicted molar refractivity (Wildman–Crippen MR) is 82.3 cm³/mol. The van der Waals surface area contributed by atoms with Crippen LogP contribution in [0.4, 0.5) is 11.4 Å². The van der Waals surface area contributed by atoms with E-state index in [-0.39, 0.29) is 5.91 Å². The molecule has 3 N–H and O–H groups in total. The number of nitrogens with one attached hydrogen (secondary N) is 3. The quantitative estimate of drug-likeness (QED) is 0.794. The van der Waals surface area contributed by atoms with Gasteiger partial charge in [-0.15, -0.1) is 0 Å². The number of amides is 1. The largest absolute Gasteiger partial charge is 0.382 e. The maximum Gasteiger partial charge on any atom is 0.253 e. The van der Waals surface area contributed by atoms with Gasteiger partial charge in [-0.1, -0.05) is 25.3 Å². The number of fused-ring (bicyclic) bond motifs is 1. The first-order valence-corrected chi connectivity index (χ1v) is 7.73. The maximum absolute atomic E-state index is 12.4. The molecule has 0 saturated heterocycles. The Hall–Kier alpha value is -1.71. The lowest BCUT2D eigenvalue weighted by atomic mass is 9.89. The zero-order valence-corrected chi connectivity index (χ0v) is 11.9. The molecule has 0 aromatic heterocycles. The molecule has 4 nitrogen and oxygen atoms in total. The van der Waals surface area contributed by atoms with Gasteiger partial charge in [-0.2, -0.15) is 0 Å². The first kappa shape index (κ1) is 13.3. The predicted octanol–water partition coefficient (Wildman–Crippen LogP) is 2.83. The van der Waals surface area contributed by atoms with Crippen LogP contribution in [0.3, 0.4) is 0 Å². The van der Waals surface area contributed by atoms with Gasteiger partial charge in [-0.25, -0.2) is 0 Å². The van der Waals surface area contributed by atoms with Crippen molar-refractivity contribution in [2.75, 3.05) is 30.3 Å². The Balaban J connectivity index is 1.64. The molecule has 1 fully saturated rings. The van der Waals surface area contributed by atoms with Crippen molar-refractivity contribution >= 4 is 17.3 Å². The lowest BCUT2D eigenvalue weighted by Gasteiger charge is -2.24. The van der Waals surface area contributed by atoms with Crippen molar-refractivity contribution in [3.05, 3.63) is 23.8 Å². The van der Waals surface area contributed by atoms with Crippen LogP contribution in [0.25, 0.3) is 0 Å². The molecule has 0 atom stereocenters. The van der Waals surface area contributed by atoms with Crippen LogP contribution < -0.4 is 16.0 Å². The minimum absolute atomic E-state index is 0.0450. The summed E-state index contributed by atoms with van der Waals surface area (Å²) in [6.07, 6.45) is 6.49. The molecule has 1 heterocycles. The second-order valence-corrected chi connectivity index (χ2v) is 5.80. The summed E-state index contributed by atoms with van der Waals surface area (Å²) in [5, 5.41) is 9.76. The summed E-state index contributed by atoms with van der Waals surface area (Å²) in [5.41, 5.74) is 2.73. The Bertz CT molecular complexity index is 481. The van der Waals surface area contributed by atoms with Crippen molar-refractivity contribution in [1.82, 2.24) is 5.32 Å². The number of para-hydroxylation sites is 1. The average Bonchev–Trinajstić information content (AvgIpc) is 2.53. The molecule has 1 aliphatic heterocycles. The number of hydrogen-bond donors (Lipinski definition) is 3. The van der Waals surface area contributed by atoms with Crippen LogP contribution in [0.5, 0.6) is 0 Å². The van der Waals surface area contributed by atoms with Crippen molar-refractivity contribution in [3.8, 4) is 0 Å². The van der Waals surface area contributed by atoms with E-state index in [0.717, 1.165) is 36.6 Å². The highest BCUT2D eigenvalue weighted by atomic mass is 16.1. The van der Waals surface area contributed by atoms with Gasteiger partial charge < -0.3 is 16.0 Å². The second-order valence-electron chi connectivity index (χ2n) is 5.80. The van der Waals surface area contributed by atoms with Crippen molar-refractivity contribution < 1.29 is 4.79 Å². The van der Waals surface area contributed by atoms with E-state index >= 15 is 0 Å². The van der Waals surface area contributed by atoms with Gasteiger partial charge in [0, 0.05) is 19.6 Å². The Morgan fingerprint density at radius 3 is 2.80 bits per heavy atom. The van der Waals surface area contributed by atoms with Crippen LogP contribution in [0.15, 0.2) is 18.2 Å². The third-order valence-electron chi connectivity index (χ3n) is 4.33. The number of hydrogen-bond acceptors (Lipinski definition) is 3. The minimum Gasteiger partial charge on any atom is -0.382 e. The van der Waals surface area contributed by atoms with Gasteiger partial charge in [-0.3, -0.25) is 4.79 Å². The van der Waals surface area contributed by atoms with E-state index in [4.69, 9.17) is 0 Å². The minimum atomic E-state index is 0.0450. The van der Waals surface area contributed by atoms with Crippen LogP contribution >= 0.6 is 0 Å². The van der Waals surface area contributed by atoms with E-state index in [1.165, 1.54) is 32.1 Å². The number of rotatable bonds is 3. The molecule has 0 bridgehead atoms. The summed E-state index contributed by atoms with van der Waals surface area (Å²) in [6.45, 7) is 2.58. The van der Waals surface area contributed by atoms with Crippen LogP contribution in [0.2, 0.25) is 0 Å². The summed E-state index contributed by atoms with van der Waals surface area (Å²) < 4.78 is 0. The fourth-order valence-corrected chi connectivity index (χ4v) is 3.19. The van der Waals surface area contributed by atoms with Crippen LogP contribution in [-0.4, -0.2) is 25.5 Å². The van der Waals surface area contributed by atoms with Gasteiger partial charge in [-0.05, 0) is 30.9 Å². The summed E-state index contributed by atoms with van der Waals surface area (Å²) in [4.78, 5) is 12.4. The fourth-order valence-electron chi connectivity index (χ4n) is 3.19. The van der Waals surface area contributed by atoms with Crippen molar-refractivity contribution in [1.29, 1.82) is 0 Å². The standard InChI is InChI=1S/C16H23N3O/c20-16(19-11-12-5-2-1-3-6-12)13-7-4-8-14-15(13)18-10-9-17-14/h4,7-8,12,17-18H,1-3,5-6,9-11H2,(H,19,20). The highest BCUT2D eigenvalue weighted by molar-refractivity contribution is 6.02. The van der Waals surface area contributed by atoms with E-state index in [2.05, 4.69) is 16.0 Å². The molecule has 1 saturated carbocycles. The van der Waals surface area contributed by atoms with Gasteiger partial charge in [0.1, 0.15) is 0 Å². The molecule has 108 valence electrons. The molecule has 2 aliphatic rings. The van der Waals surface area contributed by atoms with Gasteiger partial charge in [0.05, 0.1) is 16.9 Å². The van der Waals surface area contributed by atoms with Crippen molar-refractivity contribution in [2.45, 2.75) is 32.1 Å². The highest BCUT2D eigenvalue weighted by Crippen LogP contribution is 2.28. The van der Waals surface area contributed by atoms with Crippen molar-refractivity contribution in [3.63, 3.8) is 0 Å². The molecule has 20 heavy (non-hydrogen) atoms. The molecule has 0 spiro atoms. The zero-order chi connectivity index (χ0) is 13.8. The molecular weight excluding hydrogens is 250 g/mol. The second kappa shape index (κ2) is 6.16. The number of carbonyl (C=O) groups is 1. The smallest absolute Gasteiger partial charge is 0.253 e. The van der Waals surface area contributed by atoms with Gasteiger partial charge in [0.15, 0.2) is 0 Å². The van der Waals surface area contributed by atoms with Gasteiger partial charge in [0.25, 0.3) is 5.91 Å². The fraction of sp³-hybridized carbons (Fsp3) is 0.562. The third-order valence-corrected chi connectivity index (χ3v) is 4.33. The molecule has 0 unspecified atom stereocenters. The Morgan fingerprint density at radius 2 is 1.95 bits per heavy atom. The Kier molecular flexibility index (Phi) is 4.09. The molecule has 1 aromatic rings. The van der Waals surface area contributed by atoms with E-state index in [0.29, 0.717) is 5.92 Å². The number of anilines is 2. The first-order valence-electron chi connectivity index (χ1n) is 7.73. The first-order chi connectivity index (χ1) is 9.84. The summed E-state index contributed by atoms with van der Waals surface area (Å²) in [5.74, 6) is 0.710.